The maximum Gasteiger partial charge on any atom is 0.0602 e. The summed E-state index contributed by atoms with van der Waals surface area (Å²) in [5, 5.41) is 0.816. The second kappa shape index (κ2) is 5.58. The van der Waals surface area contributed by atoms with Crippen LogP contribution in [0, 0.1) is 17.8 Å². The van der Waals surface area contributed by atoms with Crippen LogP contribution in [0.2, 0.25) is 0 Å². The van der Waals surface area contributed by atoms with Crippen molar-refractivity contribution < 1.29 is 0 Å². The molecule has 0 bridgehead atoms. The number of rotatable bonds is 2. The van der Waals surface area contributed by atoms with E-state index < -0.39 is 0 Å². The molecule has 1 aliphatic heterocycles. The van der Waals surface area contributed by atoms with Gasteiger partial charge >= 0.3 is 0 Å². The van der Waals surface area contributed by atoms with Crippen LogP contribution >= 0.6 is 10.5 Å². The van der Waals surface area contributed by atoms with Crippen LogP contribution in [-0.2, 0) is 0 Å². The van der Waals surface area contributed by atoms with Gasteiger partial charge < -0.3 is 0 Å². The first-order valence-electron chi connectivity index (χ1n) is 5.24. The van der Waals surface area contributed by atoms with Gasteiger partial charge in [-0.1, -0.05) is 31.6 Å². The third kappa shape index (κ3) is 3.86. The quantitative estimate of drug-likeness (QED) is 0.499. The van der Waals surface area contributed by atoms with Crippen molar-refractivity contribution >= 4 is 16.4 Å². The number of likely N-dealkylation sites (tertiary alicyclic amines) is 1. The average molecular weight is 211 g/mol. The van der Waals surface area contributed by atoms with Gasteiger partial charge in [0.25, 0.3) is 0 Å². The molecule has 2 unspecified atom stereocenters. The zero-order chi connectivity index (χ0) is 10.6. The van der Waals surface area contributed by atoms with Crippen molar-refractivity contribution in [1.29, 1.82) is 0 Å². The molecule has 1 nitrogen and oxygen atoms in total. The Bertz CT molecular complexity index is 259. The van der Waals surface area contributed by atoms with E-state index in [2.05, 4.69) is 42.7 Å². The van der Waals surface area contributed by atoms with Gasteiger partial charge in [-0.2, -0.15) is 10.5 Å². The fourth-order valence-corrected chi connectivity index (χ4v) is 2.60. The molecule has 1 aliphatic rings. The summed E-state index contributed by atoms with van der Waals surface area (Å²) < 4.78 is 0. The molecule has 0 aromatic heterocycles. The summed E-state index contributed by atoms with van der Waals surface area (Å²) in [5.41, 5.74) is 0. The van der Waals surface area contributed by atoms with Gasteiger partial charge in [-0.15, -0.1) is 0 Å². The molecule has 80 valence electrons. The van der Waals surface area contributed by atoms with Crippen molar-refractivity contribution in [1.82, 2.24) is 4.90 Å². The number of nitrogens with zero attached hydrogens (tertiary/aromatic N) is 1. The lowest BCUT2D eigenvalue weighted by molar-refractivity contribution is 0.384. The molecule has 0 spiro atoms. The standard InChI is InChI=1S/C12H21NS/c1-11(2)6-5-8-13-9-7-12(10-13)14(3)4/h11-12H,3,7-10H2,1-2,4H3. The molecule has 14 heavy (non-hydrogen) atoms. The molecule has 0 N–H and O–H groups in total. The molecule has 0 saturated carbocycles. The van der Waals surface area contributed by atoms with Crippen LogP contribution in [0.4, 0.5) is 0 Å². The van der Waals surface area contributed by atoms with Crippen LogP contribution in [0.3, 0.4) is 0 Å². The Kier molecular flexibility index (Phi) is 4.71. The summed E-state index contributed by atoms with van der Waals surface area (Å²) in [6.45, 7) is 7.64. The van der Waals surface area contributed by atoms with Crippen LogP contribution in [0.5, 0.6) is 0 Å². The molecule has 0 aromatic rings. The average Bonchev–Trinajstić information content (AvgIpc) is 2.52. The van der Waals surface area contributed by atoms with E-state index in [0.717, 1.165) is 11.8 Å². The van der Waals surface area contributed by atoms with Crippen molar-refractivity contribution in [3.63, 3.8) is 0 Å². The minimum Gasteiger partial charge on any atom is -0.291 e. The molecule has 1 rings (SSSR count). The minimum absolute atomic E-state index is 0.334. The fraction of sp³-hybridized carbons (Fsp3) is 0.750. The lowest BCUT2D eigenvalue weighted by atomic mass is 10.2. The molecule has 0 radical (unpaired) electrons. The SMILES string of the molecule is C=S(C)C1CCN(CC#CC(C)C)C1. The zero-order valence-corrected chi connectivity index (χ0v) is 10.4. The van der Waals surface area contributed by atoms with E-state index in [4.69, 9.17) is 0 Å². The Morgan fingerprint density at radius 3 is 2.79 bits per heavy atom. The monoisotopic (exact) mass is 211 g/mol. The molecule has 1 heterocycles. The Hall–Kier alpha value is -0.260. The Labute approximate surface area is 90.8 Å². The Morgan fingerprint density at radius 1 is 1.57 bits per heavy atom. The lowest BCUT2D eigenvalue weighted by Gasteiger charge is -2.12. The largest absolute Gasteiger partial charge is 0.291 e. The molecular formula is C12H21NS. The van der Waals surface area contributed by atoms with Gasteiger partial charge in [-0.3, -0.25) is 4.90 Å². The Balaban J connectivity index is 2.30. The fourth-order valence-electron chi connectivity index (χ4n) is 1.63. The van der Waals surface area contributed by atoms with Crippen molar-refractivity contribution in [2.75, 3.05) is 25.9 Å². The summed E-state index contributed by atoms with van der Waals surface area (Å²) in [6, 6.07) is 0. The van der Waals surface area contributed by atoms with Crippen LogP contribution in [0.15, 0.2) is 0 Å². The summed E-state index contributed by atoms with van der Waals surface area (Å²) in [5.74, 6) is 11.1. The van der Waals surface area contributed by atoms with E-state index in [1.54, 1.807) is 0 Å². The van der Waals surface area contributed by atoms with E-state index in [0.29, 0.717) is 16.4 Å². The van der Waals surface area contributed by atoms with Crippen LogP contribution in [0.25, 0.3) is 0 Å². The summed E-state index contributed by atoms with van der Waals surface area (Å²) in [6.07, 6.45) is 3.56. The highest BCUT2D eigenvalue weighted by Crippen LogP contribution is 2.23. The van der Waals surface area contributed by atoms with Crippen LogP contribution in [0.1, 0.15) is 20.3 Å². The van der Waals surface area contributed by atoms with Crippen molar-refractivity contribution in [3.8, 4) is 11.8 Å². The third-order valence-electron chi connectivity index (χ3n) is 2.49. The van der Waals surface area contributed by atoms with Crippen molar-refractivity contribution in [2.24, 2.45) is 5.92 Å². The van der Waals surface area contributed by atoms with Gasteiger partial charge in [0.1, 0.15) is 0 Å². The second-order valence-electron chi connectivity index (χ2n) is 4.31. The van der Waals surface area contributed by atoms with Crippen molar-refractivity contribution in [2.45, 2.75) is 25.5 Å². The normalized spacial score (nSPS) is 24.7. The predicted octanol–water partition coefficient (Wildman–Crippen LogP) is 2.05. The van der Waals surface area contributed by atoms with Gasteiger partial charge in [0.05, 0.1) is 6.54 Å². The van der Waals surface area contributed by atoms with E-state index in [-0.39, 0.29) is 0 Å². The highest BCUT2D eigenvalue weighted by molar-refractivity contribution is 8.14. The van der Waals surface area contributed by atoms with Gasteiger partial charge in [0.15, 0.2) is 0 Å². The van der Waals surface area contributed by atoms with Crippen molar-refractivity contribution in [3.05, 3.63) is 0 Å². The van der Waals surface area contributed by atoms with E-state index in [1.165, 1.54) is 19.5 Å². The van der Waals surface area contributed by atoms with Crippen LogP contribution < -0.4 is 0 Å². The summed E-state index contributed by atoms with van der Waals surface area (Å²) >= 11 is 0. The summed E-state index contributed by atoms with van der Waals surface area (Å²) in [4.78, 5) is 2.45. The van der Waals surface area contributed by atoms with Gasteiger partial charge in [-0.25, -0.2) is 0 Å². The molecule has 1 saturated heterocycles. The first-order chi connectivity index (χ1) is 6.59. The third-order valence-corrected chi connectivity index (χ3v) is 4.01. The van der Waals surface area contributed by atoms with Crippen LogP contribution in [-0.4, -0.2) is 41.9 Å². The van der Waals surface area contributed by atoms with E-state index in [9.17, 15) is 0 Å². The minimum atomic E-state index is 0.334. The molecule has 0 amide bonds. The Morgan fingerprint density at radius 2 is 2.29 bits per heavy atom. The zero-order valence-electron chi connectivity index (χ0n) is 9.55. The smallest absolute Gasteiger partial charge is 0.0602 e. The predicted molar refractivity (Wildman–Crippen MR) is 68.1 cm³/mol. The van der Waals surface area contributed by atoms with E-state index in [1.807, 2.05) is 0 Å². The van der Waals surface area contributed by atoms with Gasteiger partial charge in [0.2, 0.25) is 0 Å². The van der Waals surface area contributed by atoms with E-state index >= 15 is 0 Å². The maximum atomic E-state index is 4.13. The molecule has 0 aliphatic carbocycles. The number of hydrogen-bond donors (Lipinski definition) is 0. The number of hydrogen-bond acceptors (Lipinski definition) is 1. The first kappa shape index (κ1) is 11.8. The van der Waals surface area contributed by atoms with Gasteiger partial charge in [0, 0.05) is 24.3 Å². The molecular weight excluding hydrogens is 190 g/mol. The highest BCUT2D eigenvalue weighted by atomic mass is 32.2. The summed E-state index contributed by atoms with van der Waals surface area (Å²) in [7, 11) is 0.334. The first-order valence-corrected chi connectivity index (χ1v) is 7.11. The maximum absolute atomic E-state index is 4.13. The molecule has 0 aromatic carbocycles. The molecule has 2 heteroatoms. The highest BCUT2D eigenvalue weighted by Gasteiger charge is 2.21. The van der Waals surface area contributed by atoms with Gasteiger partial charge in [-0.05, 0) is 12.7 Å². The lowest BCUT2D eigenvalue weighted by Crippen LogP contribution is -2.21. The second-order valence-corrected chi connectivity index (χ2v) is 6.36. The topological polar surface area (TPSA) is 3.24 Å². The molecule has 2 atom stereocenters. The molecule has 1 fully saturated rings.